The number of thiophene rings is 1. The van der Waals surface area contributed by atoms with Crippen molar-refractivity contribution in [3.05, 3.63) is 87.1 Å². The Morgan fingerprint density at radius 1 is 1.07 bits per heavy atom. The first-order valence-corrected chi connectivity index (χ1v) is 11.6. The third-order valence-corrected chi connectivity index (χ3v) is 6.73. The van der Waals surface area contributed by atoms with E-state index < -0.39 is 0 Å². The molecule has 2 heterocycles. The first kappa shape index (κ1) is 21.1. The molecule has 4 nitrogen and oxygen atoms in total. The van der Waals surface area contributed by atoms with Crippen molar-refractivity contribution in [2.45, 2.75) is 25.4 Å². The van der Waals surface area contributed by atoms with Crippen LogP contribution in [0.1, 0.15) is 39.7 Å². The number of hydrogen-bond acceptors (Lipinski definition) is 4. The molecule has 1 saturated heterocycles. The minimum atomic E-state index is -0.197. The highest BCUT2D eigenvalue weighted by Crippen LogP contribution is 2.28. The van der Waals surface area contributed by atoms with Crippen molar-refractivity contribution in [3.63, 3.8) is 0 Å². The number of amides is 1. The number of halogens is 1. The molecule has 1 amide bonds. The molecule has 0 aliphatic carbocycles. The van der Waals surface area contributed by atoms with Crippen LogP contribution in [0.5, 0.6) is 0 Å². The van der Waals surface area contributed by atoms with Gasteiger partial charge >= 0.3 is 0 Å². The summed E-state index contributed by atoms with van der Waals surface area (Å²) in [7, 11) is 0. The highest BCUT2D eigenvalue weighted by Gasteiger charge is 2.23. The van der Waals surface area contributed by atoms with Gasteiger partial charge in [0.05, 0.1) is 16.6 Å². The van der Waals surface area contributed by atoms with Crippen molar-refractivity contribution in [2.24, 2.45) is 0 Å². The standard InChI is InChI=1S/C24H26ClN3OS/c25-21-10-2-1-9-20(21)24(29)27-19-8-5-7-18(15-19)16-26-17-22(23-11-6-14-30-23)28-12-3-4-13-28/h1-2,5-11,14-15,22,26H,3-4,12-13,16-17H2,(H,27,29). The summed E-state index contributed by atoms with van der Waals surface area (Å²) in [4.78, 5) is 16.5. The van der Waals surface area contributed by atoms with E-state index in [4.69, 9.17) is 11.6 Å². The van der Waals surface area contributed by atoms with Crippen LogP contribution in [0.2, 0.25) is 5.02 Å². The van der Waals surface area contributed by atoms with E-state index in [0.717, 1.165) is 24.3 Å². The van der Waals surface area contributed by atoms with E-state index in [1.165, 1.54) is 30.8 Å². The van der Waals surface area contributed by atoms with Crippen molar-refractivity contribution < 1.29 is 4.79 Å². The second kappa shape index (κ2) is 10.2. The van der Waals surface area contributed by atoms with Crippen molar-refractivity contribution in [3.8, 4) is 0 Å². The molecule has 30 heavy (non-hydrogen) atoms. The average molecular weight is 440 g/mol. The van der Waals surface area contributed by atoms with Crippen LogP contribution >= 0.6 is 22.9 Å². The van der Waals surface area contributed by atoms with Gasteiger partial charge in [-0.05, 0) is 67.2 Å². The number of carbonyl (C=O) groups is 1. The number of hydrogen-bond donors (Lipinski definition) is 2. The largest absolute Gasteiger partial charge is 0.322 e. The van der Waals surface area contributed by atoms with Gasteiger partial charge in [0.2, 0.25) is 0 Å². The van der Waals surface area contributed by atoms with Crippen LogP contribution in [-0.2, 0) is 6.54 Å². The lowest BCUT2D eigenvalue weighted by molar-refractivity contribution is 0.102. The summed E-state index contributed by atoms with van der Waals surface area (Å²) in [5.41, 5.74) is 2.39. The van der Waals surface area contributed by atoms with Crippen LogP contribution in [0.4, 0.5) is 5.69 Å². The Balaban J connectivity index is 1.36. The van der Waals surface area contributed by atoms with E-state index in [-0.39, 0.29) is 5.91 Å². The topological polar surface area (TPSA) is 44.4 Å². The van der Waals surface area contributed by atoms with E-state index in [0.29, 0.717) is 16.6 Å². The fourth-order valence-electron chi connectivity index (χ4n) is 3.90. The maximum atomic E-state index is 12.5. The first-order valence-electron chi connectivity index (χ1n) is 10.3. The van der Waals surface area contributed by atoms with Gasteiger partial charge < -0.3 is 10.6 Å². The Morgan fingerprint density at radius 3 is 2.67 bits per heavy atom. The van der Waals surface area contributed by atoms with E-state index in [1.807, 2.05) is 41.7 Å². The molecule has 1 unspecified atom stereocenters. The quantitative estimate of drug-likeness (QED) is 0.481. The number of likely N-dealkylation sites (tertiary alicyclic amines) is 1. The van der Waals surface area contributed by atoms with Crippen LogP contribution in [0.3, 0.4) is 0 Å². The summed E-state index contributed by atoms with van der Waals surface area (Å²) in [6, 6.07) is 19.8. The van der Waals surface area contributed by atoms with Crippen LogP contribution in [0.25, 0.3) is 0 Å². The number of rotatable bonds is 8. The average Bonchev–Trinajstić information content (AvgIpc) is 3.46. The molecule has 1 aliphatic rings. The molecule has 156 valence electrons. The summed E-state index contributed by atoms with van der Waals surface area (Å²) in [5.74, 6) is -0.197. The first-order chi connectivity index (χ1) is 14.7. The van der Waals surface area contributed by atoms with Crippen LogP contribution in [0, 0.1) is 0 Å². The molecule has 4 rings (SSSR count). The van der Waals surface area contributed by atoms with Gasteiger partial charge in [0, 0.05) is 23.7 Å². The molecule has 6 heteroatoms. The van der Waals surface area contributed by atoms with Crippen molar-refractivity contribution in [1.29, 1.82) is 0 Å². The van der Waals surface area contributed by atoms with Gasteiger partial charge in [-0.1, -0.05) is 41.9 Å². The predicted molar refractivity (Wildman–Crippen MR) is 125 cm³/mol. The maximum absolute atomic E-state index is 12.5. The second-order valence-electron chi connectivity index (χ2n) is 7.54. The van der Waals surface area contributed by atoms with Crippen LogP contribution in [0.15, 0.2) is 66.0 Å². The number of carbonyl (C=O) groups excluding carboxylic acids is 1. The molecule has 1 aliphatic heterocycles. The fourth-order valence-corrected chi connectivity index (χ4v) is 4.98. The Kier molecular flexibility index (Phi) is 7.18. The van der Waals surface area contributed by atoms with E-state index >= 15 is 0 Å². The number of nitrogens with one attached hydrogen (secondary N) is 2. The number of nitrogens with zero attached hydrogens (tertiary/aromatic N) is 1. The lowest BCUT2D eigenvalue weighted by Gasteiger charge is -2.27. The third-order valence-electron chi connectivity index (χ3n) is 5.42. The smallest absolute Gasteiger partial charge is 0.257 e. The lowest BCUT2D eigenvalue weighted by Crippen LogP contribution is -2.33. The zero-order valence-electron chi connectivity index (χ0n) is 16.8. The Labute approximate surface area is 186 Å². The molecule has 3 aromatic rings. The predicted octanol–water partition coefficient (Wildman–Crippen LogP) is 5.58. The molecule has 1 aromatic heterocycles. The SMILES string of the molecule is O=C(Nc1cccc(CNCC(c2cccs2)N2CCCC2)c1)c1ccccc1Cl. The lowest BCUT2D eigenvalue weighted by atomic mass is 10.1. The highest BCUT2D eigenvalue weighted by molar-refractivity contribution is 7.10. The molecule has 1 atom stereocenters. The van der Waals surface area contributed by atoms with Gasteiger partial charge in [-0.15, -0.1) is 11.3 Å². The van der Waals surface area contributed by atoms with Crippen LogP contribution in [-0.4, -0.2) is 30.4 Å². The number of benzene rings is 2. The summed E-state index contributed by atoms with van der Waals surface area (Å²) >= 11 is 7.97. The minimum Gasteiger partial charge on any atom is -0.322 e. The summed E-state index contributed by atoms with van der Waals surface area (Å²) in [6.45, 7) is 4.02. The van der Waals surface area contributed by atoms with Crippen molar-refractivity contribution in [1.82, 2.24) is 10.2 Å². The van der Waals surface area contributed by atoms with Crippen LogP contribution < -0.4 is 10.6 Å². The van der Waals surface area contributed by atoms with Gasteiger partial charge in [-0.25, -0.2) is 0 Å². The van der Waals surface area contributed by atoms with Gasteiger partial charge in [0.1, 0.15) is 0 Å². The fraction of sp³-hybridized carbons (Fsp3) is 0.292. The van der Waals surface area contributed by atoms with Crippen molar-refractivity contribution >= 4 is 34.5 Å². The summed E-state index contributed by atoms with van der Waals surface area (Å²) in [5, 5.41) is 9.18. The van der Waals surface area contributed by atoms with E-state index in [1.54, 1.807) is 12.1 Å². The monoisotopic (exact) mass is 439 g/mol. The van der Waals surface area contributed by atoms with E-state index in [2.05, 4.69) is 39.1 Å². The molecule has 0 radical (unpaired) electrons. The zero-order chi connectivity index (χ0) is 20.8. The molecule has 1 fully saturated rings. The second-order valence-corrected chi connectivity index (χ2v) is 8.93. The maximum Gasteiger partial charge on any atom is 0.257 e. The summed E-state index contributed by atoms with van der Waals surface area (Å²) in [6.07, 6.45) is 2.57. The molecule has 0 spiro atoms. The summed E-state index contributed by atoms with van der Waals surface area (Å²) < 4.78 is 0. The highest BCUT2D eigenvalue weighted by atomic mass is 35.5. The Morgan fingerprint density at radius 2 is 1.90 bits per heavy atom. The van der Waals surface area contributed by atoms with Gasteiger partial charge in [-0.2, -0.15) is 0 Å². The third kappa shape index (κ3) is 5.29. The number of anilines is 1. The zero-order valence-corrected chi connectivity index (χ0v) is 18.4. The van der Waals surface area contributed by atoms with E-state index in [9.17, 15) is 4.79 Å². The molecule has 0 saturated carbocycles. The molecule has 0 bridgehead atoms. The van der Waals surface area contributed by atoms with Crippen molar-refractivity contribution in [2.75, 3.05) is 25.0 Å². The molecular formula is C24H26ClN3OS. The normalized spacial score (nSPS) is 15.2. The molecule has 2 N–H and O–H groups in total. The van der Waals surface area contributed by atoms with Gasteiger partial charge in [-0.3, -0.25) is 9.69 Å². The van der Waals surface area contributed by atoms with Gasteiger partial charge in [0.25, 0.3) is 5.91 Å². The molecule has 2 aromatic carbocycles. The Hall–Kier alpha value is -2.18. The minimum absolute atomic E-state index is 0.197. The Bertz CT molecular complexity index is 970. The molecular weight excluding hydrogens is 414 g/mol. The van der Waals surface area contributed by atoms with Gasteiger partial charge in [0.15, 0.2) is 0 Å².